The van der Waals surface area contributed by atoms with Crippen molar-refractivity contribution in [1.29, 1.82) is 0 Å². The van der Waals surface area contributed by atoms with Crippen LogP contribution in [0.3, 0.4) is 0 Å². The number of aromatic hydroxyl groups is 1. The maximum atomic E-state index is 13.1. The second kappa shape index (κ2) is 11.7. The fraction of sp³-hybridized carbons (Fsp3) is 0.0690. The minimum absolute atomic E-state index is 0.0450. The van der Waals surface area contributed by atoms with Crippen LogP contribution in [0, 0.1) is 10.1 Å². The van der Waals surface area contributed by atoms with Gasteiger partial charge >= 0.3 is 0 Å². The average molecular weight is 524 g/mol. The van der Waals surface area contributed by atoms with Crippen LogP contribution in [0.1, 0.15) is 21.5 Å². The van der Waals surface area contributed by atoms with Gasteiger partial charge in [0.25, 0.3) is 17.5 Å². The van der Waals surface area contributed by atoms with Crippen molar-refractivity contribution >= 4 is 46.3 Å². The molecule has 0 radical (unpaired) electrons. The molecule has 0 aliphatic heterocycles. The standard InChI is InChI=1S/C29H25N5O5/c1-33(2)22-11-8-19(9-12-22)16-26(31-28(36)20-6-4-3-5-7-20)29(37)32-30-18-25-24-14-13-23(34(38)39)17-21(24)10-15-27(25)35/h3-18,35H,1-2H3,(H,31,36)(H,32,37)/b26-16-,30-18+. The monoisotopic (exact) mass is 523 g/mol. The summed E-state index contributed by atoms with van der Waals surface area (Å²) in [5.74, 6) is -1.29. The van der Waals surface area contributed by atoms with E-state index >= 15 is 0 Å². The van der Waals surface area contributed by atoms with Crippen LogP contribution in [0.2, 0.25) is 0 Å². The molecule has 39 heavy (non-hydrogen) atoms. The topological polar surface area (TPSA) is 137 Å². The molecule has 3 N–H and O–H groups in total. The summed E-state index contributed by atoms with van der Waals surface area (Å²) in [7, 11) is 3.83. The molecule has 0 atom stereocenters. The van der Waals surface area contributed by atoms with Gasteiger partial charge in [0.2, 0.25) is 0 Å². The molecular weight excluding hydrogens is 498 g/mol. The first-order valence-corrected chi connectivity index (χ1v) is 11.8. The Hall–Kier alpha value is -5.51. The largest absolute Gasteiger partial charge is 0.507 e. The lowest BCUT2D eigenvalue weighted by atomic mass is 10.0. The number of amides is 2. The van der Waals surface area contributed by atoms with Crippen LogP contribution in [0.25, 0.3) is 16.8 Å². The van der Waals surface area contributed by atoms with E-state index in [0.29, 0.717) is 21.9 Å². The molecular formula is C29H25N5O5. The highest BCUT2D eigenvalue weighted by Gasteiger charge is 2.15. The average Bonchev–Trinajstić information content (AvgIpc) is 2.94. The number of carbonyl (C=O) groups excluding carboxylic acids is 2. The molecule has 10 heteroatoms. The molecule has 0 bridgehead atoms. The van der Waals surface area contributed by atoms with Crippen LogP contribution in [0.4, 0.5) is 11.4 Å². The van der Waals surface area contributed by atoms with Crippen LogP contribution >= 0.6 is 0 Å². The number of phenols is 1. The number of nitrogens with one attached hydrogen (secondary N) is 2. The molecule has 0 saturated carbocycles. The van der Waals surface area contributed by atoms with Gasteiger partial charge in [-0.25, -0.2) is 5.43 Å². The summed E-state index contributed by atoms with van der Waals surface area (Å²) in [6.45, 7) is 0. The molecule has 0 fully saturated rings. The van der Waals surface area contributed by atoms with E-state index in [4.69, 9.17) is 0 Å². The zero-order valence-corrected chi connectivity index (χ0v) is 21.2. The van der Waals surface area contributed by atoms with Gasteiger partial charge in [0, 0.05) is 43.0 Å². The predicted octanol–water partition coefficient (Wildman–Crippen LogP) is 4.44. The Kier molecular flexibility index (Phi) is 7.96. The molecule has 196 valence electrons. The Bertz CT molecular complexity index is 1600. The molecule has 4 aromatic carbocycles. The molecule has 4 aromatic rings. The highest BCUT2D eigenvalue weighted by molar-refractivity contribution is 6.06. The van der Waals surface area contributed by atoms with Crippen LogP contribution < -0.4 is 15.6 Å². The molecule has 0 saturated heterocycles. The highest BCUT2D eigenvalue weighted by Crippen LogP contribution is 2.28. The smallest absolute Gasteiger partial charge is 0.287 e. The first-order valence-electron chi connectivity index (χ1n) is 11.8. The molecule has 4 rings (SSSR count). The number of benzene rings is 4. The van der Waals surface area contributed by atoms with E-state index in [0.717, 1.165) is 5.69 Å². The van der Waals surface area contributed by atoms with Crippen molar-refractivity contribution in [3.8, 4) is 5.75 Å². The number of carbonyl (C=O) groups is 2. The minimum Gasteiger partial charge on any atom is -0.507 e. The van der Waals surface area contributed by atoms with Crippen LogP contribution in [-0.2, 0) is 4.79 Å². The van der Waals surface area contributed by atoms with Crippen LogP contribution in [0.5, 0.6) is 5.75 Å². The SMILES string of the molecule is CN(C)c1ccc(/C=C(\NC(=O)c2ccccc2)C(=O)N/N=C/c2c(O)ccc3cc([N+](=O)[O-])ccc23)cc1. The van der Waals surface area contributed by atoms with Gasteiger partial charge in [-0.05, 0) is 58.8 Å². The lowest BCUT2D eigenvalue weighted by Gasteiger charge is -2.13. The Morgan fingerprint density at radius 2 is 1.69 bits per heavy atom. The number of hydrogen-bond acceptors (Lipinski definition) is 7. The van der Waals surface area contributed by atoms with E-state index in [-0.39, 0.29) is 22.7 Å². The van der Waals surface area contributed by atoms with Gasteiger partial charge < -0.3 is 15.3 Å². The summed E-state index contributed by atoms with van der Waals surface area (Å²) in [4.78, 5) is 38.4. The summed E-state index contributed by atoms with van der Waals surface area (Å²) in [6, 6.07) is 23.0. The fourth-order valence-corrected chi connectivity index (χ4v) is 3.77. The molecule has 0 aliphatic rings. The molecule has 0 aliphatic carbocycles. The Labute approximate surface area is 224 Å². The number of nitro groups is 1. The van der Waals surface area contributed by atoms with Gasteiger partial charge in [-0.15, -0.1) is 0 Å². The number of phenolic OH excluding ortho intramolecular Hbond substituents is 1. The predicted molar refractivity (Wildman–Crippen MR) is 151 cm³/mol. The normalized spacial score (nSPS) is 11.4. The summed E-state index contributed by atoms with van der Waals surface area (Å²) in [6.07, 6.45) is 2.77. The summed E-state index contributed by atoms with van der Waals surface area (Å²) in [5.41, 5.74) is 4.53. The highest BCUT2D eigenvalue weighted by atomic mass is 16.6. The third-order valence-electron chi connectivity index (χ3n) is 5.84. The Morgan fingerprint density at radius 3 is 2.36 bits per heavy atom. The van der Waals surface area contributed by atoms with Gasteiger partial charge in [0.05, 0.1) is 11.1 Å². The van der Waals surface area contributed by atoms with E-state index in [1.807, 2.05) is 43.3 Å². The molecule has 0 heterocycles. The fourth-order valence-electron chi connectivity index (χ4n) is 3.77. The van der Waals surface area contributed by atoms with Crippen LogP contribution in [0.15, 0.2) is 95.7 Å². The Balaban J connectivity index is 1.60. The van der Waals surface area contributed by atoms with E-state index in [2.05, 4.69) is 15.8 Å². The van der Waals surface area contributed by atoms with Gasteiger partial charge in [-0.2, -0.15) is 5.10 Å². The van der Waals surface area contributed by atoms with Crippen molar-refractivity contribution in [2.45, 2.75) is 0 Å². The molecule has 10 nitrogen and oxygen atoms in total. The summed E-state index contributed by atoms with van der Waals surface area (Å²) < 4.78 is 0. The first-order chi connectivity index (χ1) is 18.7. The number of rotatable bonds is 8. The maximum absolute atomic E-state index is 13.1. The summed E-state index contributed by atoms with van der Waals surface area (Å²) in [5, 5.41) is 29.1. The number of nitrogens with zero attached hydrogens (tertiary/aromatic N) is 3. The second-order valence-electron chi connectivity index (χ2n) is 8.72. The van der Waals surface area contributed by atoms with Crippen molar-refractivity contribution in [2.75, 3.05) is 19.0 Å². The zero-order valence-electron chi connectivity index (χ0n) is 21.2. The number of anilines is 1. The lowest BCUT2D eigenvalue weighted by Crippen LogP contribution is -2.32. The third-order valence-corrected chi connectivity index (χ3v) is 5.84. The second-order valence-corrected chi connectivity index (χ2v) is 8.72. The first kappa shape index (κ1) is 26.6. The van der Waals surface area contributed by atoms with E-state index in [1.54, 1.807) is 36.4 Å². The molecule has 0 unspecified atom stereocenters. The Morgan fingerprint density at radius 1 is 0.974 bits per heavy atom. The van der Waals surface area contributed by atoms with Gasteiger partial charge in [0.1, 0.15) is 11.4 Å². The van der Waals surface area contributed by atoms with Gasteiger partial charge in [0.15, 0.2) is 0 Å². The van der Waals surface area contributed by atoms with Crippen molar-refractivity contribution < 1.29 is 19.6 Å². The van der Waals surface area contributed by atoms with Crippen molar-refractivity contribution in [2.24, 2.45) is 5.10 Å². The van der Waals surface area contributed by atoms with E-state index in [1.165, 1.54) is 36.6 Å². The van der Waals surface area contributed by atoms with E-state index < -0.39 is 16.7 Å². The summed E-state index contributed by atoms with van der Waals surface area (Å²) >= 11 is 0. The number of nitro benzene ring substituents is 1. The van der Waals surface area contributed by atoms with Crippen molar-refractivity contribution in [1.82, 2.24) is 10.7 Å². The number of hydrogen-bond donors (Lipinski definition) is 3. The quantitative estimate of drug-likeness (QED) is 0.135. The number of non-ortho nitro benzene ring substituents is 1. The number of hydrazone groups is 1. The van der Waals surface area contributed by atoms with Gasteiger partial charge in [-0.1, -0.05) is 36.4 Å². The van der Waals surface area contributed by atoms with Crippen LogP contribution in [-0.4, -0.2) is 42.2 Å². The molecule has 2 amide bonds. The van der Waals surface area contributed by atoms with Gasteiger partial charge in [-0.3, -0.25) is 19.7 Å². The number of fused-ring (bicyclic) bond motifs is 1. The van der Waals surface area contributed by atoms with Crippen molar-refractivity contribution in [3.63, 3.8) is 0 Å². The van der Waals surface area contributed by atoms with Crippen molar-refractivity contribution in [3.05, 3.63) is 117 Å². The lowest BCUT2D eigenvalue weighted by molar-refractivity contribution is -0.384. The minimum atomic E-state index is -0.692. The molecule has 0 spiro atoms. The third kappa shape index (κ3) is 6.44. The molecule has 0 aromatic heterocycles. The van der Waals surface area contributed by atoms with E-state index in [9.17, 15) is 24.8 Å². The maximum Gasteiger partial charge on any atom is 0.287 e. The zero-order chi connectivity index (χ0) is 27.9.